The second-order valence-corrected chi connectivity index (χ2v) is 12.9. The highest BCUT2D eigenvalue weighted by molar-refractivity contribution is 6.43. The number of nitrogens with one attached hydrogen (secondary N) is 3. The first kappa shape index (κ1) is 35.9. The minimum atomic E-state index is -0.939. The Morgan fingerprint density at radius 2 is 1.52 bits per heavy atom. The van der Waals surface area contributed by atoms with Crippen LogP contribution in [0.25, 0.3) is 0 Å². The highest BCUT2D eigenvalue weighted by atomic mass is 35.5. The molecule has 0 radical (unpaired) electrons. The number of hydrogen-bond acceptors (Lipinski definition) is 6. The summed E-state index contributed by atoms with van der Waals surface area (Å²) in [6.45, 7) is 2.59. The Morgan fingerprint density at radius 3 is 2.13 bits per heavy atom. The SMILES string of the molecule is CCCCCCCCCCCCCCOC(=O)Nc1ccc(Cl)c(NC2=NN(c3c(Cl)cc(Cl)cc3Cl)C(=O)C2c2ncc[nH]2)c1. The van der Waals surface area contributed by atoms with Gasteiger partial charge >= 0.3 is 6.09 Å². The van der Waals surface area contributed by atoms with Gasteiger partial charge in [0.15, 0.2) is 5.92 Å². The zero-order valence-electron chi connectivity index (χ0n) is 25.9. The number of carbonyl (C=O) groups excluding carboxylic acids is 2. The highest BCUT2D eigenvalue weighted by Gasteiger charge is 2.41. The molecule has 13 heteroatoms. The summed E-state index contributed by atoms with van der Waals surface area (Å²) in [7, 11) is 0. The summed E-state index contributed by atoms with van der Waals surface area (Å²) in [4.78, 5) is 33.3. The number of aromatic nitrogens is 2. The van der Waals surface area contributed by atoms with Crippen molar-refractivity contribution in [3.63, 3.8) is 0 Å². The van der Waals surface area contributed by atoms with Crippen LogP contribution in [0.2, 0.25) is 20.1 Å². The quantitative estimate of drug-likeness (QED) is 0.121. The second kappa shape index (κ2) is 18.4. The second-order valence-electron chi connectivity index (χ2n) is 11.2. The fourth-order valence-corrected chi connectivity index (χ4v) is 6.37. The van der Waals surface area contributed by atoms with Crippen LogP contribution in [0.4, 0.5) is 21.9 Å². The molecule has 0 aliphatic carbocycles. The molecule has 0 bridgehead atoms. The van der Waals surface area contributed by atoms with Gasteiger partial charge in [0.1, 0.15) is 17.3 Å². The average molecular weight is 711 g/mol. The Labute approximate surface area is 290 Å². The van der Waals surface area contributed by atoms with Gasteiger partial charge in [-0.2, -0.15) is 10.1 Å². The number of amidine groups is 1. The van der Waals surface area contributed by atoms with Gasteiger partial charge in [-0.1, -0.05) is 124 Å². The van der Waals surface area contributed by atoms with Crippen molar-refractivity contribution in [3.8, 4) is 0 Å². The molecule has 1 unspecified atom stereocenters. The lowest BCUT2D eigenvalue weighted by Crippen LogP contribution is -2.29. The molecule has 4 rings (SSSR count). The first-order valence-electron chi connectivity index (χ1n) is 15.8. The van der Waals surface area contributed by atoms with E-state index in [9.17, 15) is 9.59 Å². The van der Waals surface area contributed by atoms with E-state index in [-0.39, 0.29) is 21.6 Å². The van der Waals surface area contributed by atoms with E-state index in [4.69, 9.17) is 51.1 Å². The number of imidazole rings is 1. The van der Waals surface area contributed by atoms with E-state index in [2.05, 4.69) is 32.6 Å². The van der Waals surface area contributed by atoms with E-state index in [1.165, 1.54) is 76.1 Å². The fourth-order valence-electron chi connectivity index (χ4n) is 5.23. The predicted octanol–water partition coefficient (Wildman–Crippen LogP) is 10.8. The number of rotatable bonds is 17. The molecule has 1 aliphatic rings. The van der Waals surface area contributed by atoms with Crippen LogP contribution in [0.1, 0.15) is 95.7 Å². The maximum absolute atomic E-state index is 13.6. The number of halogens is 4. The fraction of sp³-hybridized carbons (Fsp3) is 0.455. The molecule has 0 saturated carbocycles. The summed E-state index contributed by atoms with van der Waals surface area (Å²) >= 11 is 25.4. The van der Waals surface area contributed by atoms with Gasteiger partial charge in [0.2, 0.25) is 0 Å². The first-order chi connectivity index (χ1) is 22.3. The lowest BCUT2D eigenvalue weighted by Gasteiger charge is -2.16. The number of hydrazone groups is 1. The molecule has 0 saturated heterocycles. The van der Waals surface area contributed by atoms with Crippen molar-refractivity contribution in [3.05, 3.63) is 68.6 Å². The van der Waals surface area contributed by atoms with E-state index in [1.54, 1.807) is 24.4 Å². The Morgan fingerprint density at radius 1 is 0.891 bits per heavy atom. The van der Waals surface area contributed by atoms with Gasteiger partial charge < -0.3 is 15.0 Å². The zero-order chi connectivity index (χ0) is 32.9. The van der Waals surface area contributed by atoms with Crippen LogP contribution in [-0.4, -0.2) is 34.4 Å². The number of benzene rings is 2. The van der Waals surface area contributed by atoms with E-state index in [0.717, 1.165) is 24.3 Å². The third-order valence-corrected chi connectivity index (χ3v) is 8.75. The summed E-state index contributed by atoms with van der Waals surface area (Å²) < 4.78 is 5.39. The molecule has 1 atom stereocenters. The summed E-state index contributed by atoms with van der Waals surface area (Å²) in [6, 6.07) is 7.86. The normalized spacial score (nSPS) is 14.5. The maximum Gasteiger partial charge on any atom is 0.411 e. The molecule has 46 heavy (non-hydrogen) atoms. The Hall–Kier alpha value is -2.98. The average Bonchev–Trinajstić information content (AvgIpc) is 3.64. The van der Waals surface area contributed by atoms with E-state index in [1.807, 2.05) is 0 Å². The molecule has 2 aromatic carbocycles. The summed E-state index contributed by atoms with van der Waals surface area (Å²) in [5.74, 6) is -0.816. The number of carbonyl (C=O) groups is 2. The summed E-state index contributed by atoms with van der Waals surface area (Å²) in [5, 5.41) is 12.4. The van der Waals surface area contributed by atoms with Gasteiger partial charge in [0, 0.05) is 23.1 Å². The van der Waals surface area contributed by atoms with Crippen LogP contribution >= 0.6 is 46.4 Å². The molecule has 3 aromatic rings. The van der Waals surface area contributed by atoms with Crippen LogP contribution < -0.4 is 15.6 Å². The number of ether oxygens (including phenoxy) is 1. The Balaban J connectivity index is 1.29. The minimum absolute atomic E-state index is 0.153. The lowest BCUT2D eigenvalue weighted by molar-refractivity contribution is -0.118. The molecule has 2 amide bonds. The monoisotopic (exact) mass is 708 g/mol. The van der Waals surface area contributed by atoms with Crippen molar-refractivity contribution >= 4 is 81.3 Å². The largest absolute Gasteiger partial charge is 0.449 e. The van der Waals surface area contributed by atoms with E-state index >= 15 is 0 Å². The molecule has 1 aliphatic heterocycles. The molecule has 0 spiro atoms. The van der Waals surface area contributed by atoms with Crippen molar-refractivity contribution in [2.24, 2.45) is 5.10 Å². The number of H-pyrrole nitrogens is 1. The Kier molecular flexibility index (Phi) is 14.3. The number of anilines is 3. The van der Waals surface area contributed by atoms with Crippen molar-refractivity contribution in [1.29, 1.82) is 0 Å². The molecular weight excluding hydrogens is 670 g/mol. The molecule has 9 nitrogen and oxygen atoms in total. The standard InChI is InChI=1S/C33H40Cl4N6O3/c1-2-3-4-5-6-7-8-9-10-11-12-13-18-46-33(45)40-23-14-15-24(35)27(21-23)41-31-28(30-38-16-17-39-30)32(44)43(42-31)29-25(36)19-22(34)20-26(29)37/h14-17,19-21,28H,2-13,18H2,1H3,(H,38,39)(H,40,45)(H,41,42). The minimum Gasteiger partial charge on any atom is -0.449 e. The van der Waals surface area contributed by atoms with Gasteiger partial charge in [-0.25, -0.2) is 9.78 Å². The maximum atomic E-state index is 13.6. The number of hydrogen-bond donors (Lipinski definition) is 3. The number of unbranched alkanes of at least 4 members (excludes halogenated alkanes) is 11. The van der Waals surface area contributed by atoms with Gasteiger partial charge in [-0.15, -0.1) is 0 Å². The van der Waals surface area contributed by atoms with Gasteiger partial charge in [0.25, 0.3) is 5.91 Å². The summed E-state index contributed by atoms with van der Waals surface area (Å²) in [6.07, 6.45) is 17.4. The third kappa shape index (κ3) is 10.3. The molecule has 3 N–H and O–H groups in total. The van der Waals surface area contributed by atoms with Crippen molar-refractivity contribution in [2.45, 2.75) is 89.9 Å². The first-order valence-corrected chi connectivity index (χ1v) is 17.4. The number of aromatic amines is 1. The van der Waals surface area contributed by atoms with Crippen LogP contribution in [0, 0.1) is 0 Å². The zero-order valence-corrected chi connectivity index (χ0v) is 28.9. The van der Waals surface area contributed by atoms with Crippen molar-refractivity contribution in [2.75, 3.05) is 22.2 Å². The predicted molar refractivity (Wildman–Crippen MR) is 189 cm³/mol. The Bertz CT molecular complexity index is 1460. The third-order valence-electron chi connectivity index (χ3n) is 7.63. The van der Waals surface area contributed by atoms with Gasteiger partial charge in [-0.3, -0.25) is 10.1 Å². The number of nitrogens with zero attached hydrogens (tertiary/aromatic N) is 3. The van der Waals surface area contributed by atoms with Gasteiger partial charge in [-0.05, 0) is 36.8 Å². The van der Waals surface area contributed by atoms with Crippen molar-refractivity contribution in [1.82, 2.24) is 9.97 Å². The van der Waals surface area contributed by atoms with Crippen molar-refractivity contribution < 1.29 is 14.3 Å². The molecular formula is C33H40Cl4N6O3. The van der Waals surface area contributed by atoms with E-state index < -0.39 is 17.9 Å². The molecule has 2 heterocycles. The van der Waals surface area contributed by atoms with E-state index in [0.29, 0.717) is 33.9 Å². The number of amides is 2. The summed E-state index contributed by atoms with van der Waals surface area (Å²) in [5.41, 5.74) is 1.04. The highest BCUT2D eigenvalue weighted by Crippen LogP contribution is 2.41. The lowest BCUT2D eigenvalue weighted by atomic mass is 10.1. The molecule has 248 valence electrons. The molecule has 0 fully saturated rings. The molecule has 1 aromatic heterocycles. The van der Waals surface area contributed by atoms with Crippen LogP contribution in [-0.2, 0) is 9.53 Å². The van der Waals surface area contributed by atoms with Gasteiger partial charge in [0.05, 0.1) is 27.4 Å². The topological polar surface area (TPSA) is 112 Å². The van der Waals surface area contributed by atoms with Crippen LogP contribution in [0.15, 0.2) is 47.8 Å². The van der Waals surface area contributed by atoms with Crippen LogP contribution in [0.5, 0.6) is 0 Å². The smallest absolute Gasteiger partial charge is 0.411 e. The van der Waals surface area contributed by atoms with Crippen LogP contribution in [0.3, 0.4) is 0 Å².